The van der Waals surface area contributed by atoms with E-state index in [1.54, 1.807) is 7.05 Å². The molecule has 1 saturated heterocycles. The Hall–Kier alpha value is -1.37. The number of aromatic nitrogens is 4. The number of phosphoric ester groups is 1. The number of nitrogens with one attached hydrogen (secondary N) is 1. The zero-order chi connectivity index (χ0) is 18.4. The van der Waals surface area contributed by atoms with Gasteiger partial charge >= 0.3 is 7.82 Å². The van der Waals surface area contributed by atoms with Gasteiger partial charge in [-0.15, -0.1) is 0 Å². The summed E-state index contributed by atoms with van der Waals surface area (Å²) < 4.78 is 21.9. The molecule has 14 heteroatoms. The van der Waals surface area contributed by atoms with Crippen LogP contribution in [-0.4, -0.2) is 71.5 Å². The summed E-state index contributed by atoms with van der Waals surface area (Å²) in [7, 11) is -3.12. The van der Waals surface area contributed by atoms with E-state index in [0.29, 0.717) is 11.3 Å². The number of fused-ring (bicyclic) bond motifs is 1. The highest BCUT2D eigenvalue weighted by molar-refractivity contribution is 7.46. The Morgan fingerprint density at radius 2 is 2.12 bits per heavy atom. The summed E-state index contributed by atoms with van der Waals surface area (Å²) in [6, 6.07) is 0. The lowest BCUT2D eigenvalue weighted by atomic mass is 10.1. The molecule has 2 aromatic rings. The number of aliphatic hydroxyl groups is 2. The standard InChI is InChI=1S/C11H15ClN5O7P/c1-13-8-5-9(16-11(12)15-8)17(3-14-5)10-7(19)6(18)4(24-10)2-23-25(20,21)22/h3-4,6-7,10,18-19H,2H2,1H3,(H,13,15,16)(H2,20,21,22)/t4-,6-,7-,10-/m1/s1. The van der Waals surface area contributed by atoms with Gasteiger partial charge in [0, 0.05) is 7.05 Å². The van der Waals surface area contributed by atoms with E-state index >= 15 is 0 Å². The summed E-state index contributed by atoms with van der Waals surface area (Å²) in [5.74, 6) is 0.364. The van der Waals surface area contributed by atoms with Crippen LogP contribution in [0.2, 0.25) is 5.28 Å². The van der Waals surface area contributed by atoms with Crippen molar-refractivity contribution in [2.75, 3.05) is 19.0 Å². The van der Waals surface area contributed by atoms with E-state index in [4.69, 9.17) is 26.1 Å². The molecular weight excluding hydrogens is 381 g/mol. The topological polar surface area (TPSA) is 172 Å². The number of aliphatic hydroxyl groups excluding tert-OH is 2. The van der Waals surface area contributed by atoms with Crippen LogP contribution in [0.15, 0.2) is 6.33 Å². The zero-order valence-corrected chi connectivity index (χ0v) is 14.4. The monoisotopic (exact) mass is 395 g/mol. The number of anilines is 1. The van der Waals surface area contributed by atoms with Gasteiger partial charge in [0.15, 0.2) is 23.2 Å². The lowest BCUT2D eigenvalue weighted by molar-refractivity contribution is -0.0504. The molecule has 0 spiro atoms. The summed E-state index contributed by atoms with van der Waals surface area (Å²) in [5.41, 5.74) is 0.615. The number of imidazole rings is 1. The van der Waals surface area contributed by atoms with Gasteiger partial charge in [-0.1, -0.05) is 0 Å². The van der Waals surface area contributed by atoms with Crippen LogP contribution in [0.25, 0.3) is 11.2 Å². The van der Waals surface area contributed by atoms with E-state index in [1.165, 1.54) is 10.9 Å². The van der Waals surface area contributed by atoms with Crippen LogP contribution < -0.4 is 5.32 Å². The minimum Gasteiger partial charge on any atom is -0.387 e. The Labute approximate surface area is 145 Å². The predicted octanol–water partition coefficient (Wildman–Crippen LogP) is -0.750. The van der Waals surface area contributed by atoms with Crippen LogP contribution in [0, 0.1) is 0 Å². The molecule has 0 aromatic carbocycles. The SMILES string of the molecule is CNc1nc(Cl)nc2c1ncn2[C@@H]1O[C@H](COP(=O)(O)O)[C@@H](O)[C@H]1O. The summed E-state index contributed by atoms with van der Waals surface area (Å²) in [4.78, 5) is 29.6. The molecule has 1 fully saturated rings. The van der Waals surface area contributed by atoms with Gasteiger partial charge in [-0.05, 0) is 11.6 Å². The Kier molecular flexibility index (Phi) is 4.97. The minimum absolute atomic E-state index is 0.0620. The molecule has 0 unspecified atom stereocenters. The van der Waals surface area contributed by atoms with Gasteiger partial charge in [0.2, 0.25) is 5.28 Å². The second-order valence-electron chi connectivity index (χ2n) is 5.25. The van der Waals surface area contributed by atoms with Crippen LogP contribution in [0.5, 0.6) is 0 Å². The fraction of sp³-hybridized carbons (Fsp3) is 0.545. The maximum absolute atomic E-state index is 10.8. The molecule has 0 radical (unpaired) electrons. The van der Waals surface area contributed by atoms with Gasteiger partial charge in [0.1, 0.15) is 18.3 Å². The molecule has 4 atom stereocenters. The average molecular weight is 396 g/mol. The quantitative estimate of drug-likeness (QED) is 0.318. The van der Waals surface area contributed by atoms with Crippen molar-refractivity contribution >= 4 is 36.4 Å². The lowest BCUT2D eigenvalue weighted by Crippen LogP contribution is -2.33. The zero-order valence-electron chi connectivity index (χ0n) is 12.7. The maximum atomic E-state index is 10.8. The van der Waals surface area contributed by atoms with Crippen LogP contribution >= 0.6 is 19.4 Å². The molecular formula is C11H15ClN5O7P. The van der Waals surface area contributed by atoms with Crippen molar-refractivity contribution in [1.82, 2.24) is 19.5 Å². The second-order valence-corrected chi connectivity index (χ2v) is 6.83. The molecule has 0 bridgehead atoms. The molecule has 1 aliphatic heterocycles. The summed E-state index contributed by atoms with van der Waals surface area (Å²) in [6.07, 6.45) is -3.79. The lowest BCUT2D eigenvalue weighted by Gasteiger charge is -2.16. The van der Waals surface area contributed by atoms with E-state index < -0.39 is 39.0 Å². The van der Waals surface area contributed by atoms with Gasteiger partial charge in [-0.3, -0.25) is 9.09 Å². The van der Waals surface area contributed by atoms with E-state index in [-0.39, 0.29) is 10.9 Å². The number of nitrogens with zero attached hydrogens (tertiary/aromatic N) is 4. The molecule has 3 heterocycles. The normalized spacial score (nSPS) is 27.1. The fourth-order valence-corrected chi connectivity index (χ4v) is 3.02. The summed E-state index contributed by atoms with van der Waals surface area (Å²) >= 11 is 5.87. The van der Waals surface area contributed by atoms with Crippen molar-refractivity contribution in [2.45, 2.75) is 24.5 Å². The van der Waals surface area contributed by atoms with Gasteiger partial charge in [0.25, 0.3) is 0 Å². The molecule has 0 amide bonds. The summed E-state index contributed by atoms with van der Waals surface area (Å²) in [6.45, 7) is -0.608. The van der Waals surface area contributed by atoms with Gasteiger partial charge < -0.3 is 30.1 Å². The number of hydrogen-bond donors (Lipinski definition) is 5. The van der Waals surface area contributed by atoms with Crippen molar-refractivity contribution < 1.29 is 33.8 Å². The Morgan fingerprint density at radius 3 is 2.76 bits per heavy atom. The van der Waals surface area contributed by atoms with Crippen molar-refractivity contribution in [1.29, 1.82) is 0 Å². The third-order valence-corrected chi connectivity index (χ3v) is 4.30. The van der Waals surface area contributed by atoms with E-state index in [9.17, 15) is 14.8 Å². The molecule has 12 nitrogen and oxygen atoms in total. The van der Waals surface area contributed by atoms with Gasteiger partial charge in [-0.25, -0.2) is 9.55 Å². The van der Waals surface area contributed by atoms with Crippen LogP contribution in [0.3, 0.4) is 0 Å². The third kappa shape index (κ3) is 3.61. The van der Waals surface area contributed by atoms with Crippen molar-refractivity contribution in [3.05, 3.63) is 11.6 Å². The molecule has 138 valence electrons. The van der Waals surface area contributed by atoms with E-state index in [1.807, 2.05) is 0 Å². The first-order valence-electron chi connectivity index (χ1n) is 7.01. The predicted molar refractivity (Wildman–Crippen MR) is 83.8 cm³/mol. The molecule has 25 heavy (non-hydrogen) atoms. The first-order chi connectivity index (χ1) is 11.7. The smallest absolute Gasteiger partial charge is 0.387 e. The highest BCUT2D eigenvalue weighted by Gasteiger charge is 2.45. The first-order valence-corrected chi connectivity index (χ1v) is 8.91. The van der Waals surface area contributed by atoms with E-state index in [2.05, 4.69) is 24.8 Å². The number of ether oxygens (including phenoxy) is 1. The number of rotatable bonds is 5. The first kappa shape index (κ1) is 18.4. The van der Waals surface area contributed by atoms with Crippen molar-refractivity contribution in [2.24, 2.45) is 0 Å². The maximum Gasteiger partial charge on any atom is 0.469 e. The number of hydrogen-bond acceptors (Lipinski definition) is 9. The molecule has 2 aromatic heterocycles. The summed E-state index contributed by atoms with van der Waals surface area (Å²) in [5, 5.41) is 23.0. The third-order valence-electron chi connectivity index (χ3n) is 3.65. The van der Waals surface area contributed by atoms with Gasteiger partial charge in [0.05, 0.1) is 12.9 Å². The molecule has 0 aliphatic carbocycles. The molecule has 3 rings (SSSR count). The molecule has 5 N–H and O–H groups in total. The highest BCUT2D eigenvalue weighted by atomic mass is 35.5. The average Bonchev–Trinajstić information content (AvgIpc) is 3.06. The molecule has 1 aliphatic rings. The van der Waals surface area contributed by atoms with Crippen molar-refractivity contribution in [3.8, 4) is 0 Å². The Bertz CT molecular complexity index is 828. The van der Waals surface area contributed by atoms with Gasteiger partial charge in [-0.2, -0.15) is 9.97 Å². The van der Waals surface area contributed by atoms with Crippen molar-refractivity contribution in [3.63, 3.8) is 0 Å². The van der Waals surface area contributed by atoms with Crippen LogP contribution in [0.4, 0.5) is 5.82 Å². The van der Waals surface area contributed by atoms with Crippen LogP contribution in [-0.2, 0) is 13.8 Å². The minimum atomic E-state index is -4.74. The van der Waals surface area contributed by atoms with Crippen LogP contribution in [0.1, 0.15) is 6.23 Å². The Morgan fingerprint density at radius 1 is 1.40 bits per heavy atom. The number of phosphoric acid groups is 1. The highest BCUT2D eigenvalue weighted by Crippen LogP contribution is 2.39. The number of halogens is 1. The fourth-order valence-electron chi connectivity index (χ4n) is 2.52. The Balaban J connectivity index is 1.90. The molecule has 0 saturated carbocycles. The largest absolute Gasteiger partial charge is 0.469 e. The second kappa shape index (κ2) is 6.74. The van der Waals surface area contributed by atoms with E-state index in [0.717, 1.165) is 0 Å².